The van der Waals surface area contributed by atoms with E-state index in [9.17, 15) is 0 Å². The second kappa shape index (κ2) is 8.00. The number of hydrogen-bond donors (Lipinski definition) is 2. The molecule has 2 N–H and O–H groups in total. The lowest BCUT2D eigenvalue weighted by Gasteiger charge is -2.01. The molecule has 0 atom stereocenters. The highest BCUT2D eigenvalue weighted by atomic mass is 32.1. The van der Waals surface area contributed by atoms with Crippen LogP contribution in [-0.4, -0.2) is 29.9 Å². The molecule has 2 aromatic carbocycles. The first kappa shape index (κ1) is 19.8. The van der Waals surface area contributed by atoms with Crippen molar-refractivity contribution in [2.45, 2.75) is 0 Å². The van der Waals surface area contributed by atoms with Crippen LogP contribution in [0, 0.1) is 0 Å². The van der Waals surface area contributed by atoms with Gasteiger partial charge in [-0.15, -0.1) is 11.3 Å². The number of imidazole rings is 2. The molecule has 6 nitrogen and oxygen atoms in total. The van der Waals surface area contributed by atoms with Crippen LogP contribution in [-0.2, 0) is 0 Å². The second-order valence-electron chi connectivity index (χ2n) is 8.28. The van der Waals surface area contributed by atoms with Gasteiger partial charge in [0.25, 0.3) is 0 Å². The predicted molar refractivity (Wildman–Crippen MR) is 141 cm³/mol. The minimum atomic E-state index is 0.813. The monoisotopic (exact) mass is 470 g/mol. The van der Waals surface area contributed by atoms with Crippen molar-refractivity contribution in [1.82, 2.24) is 29.9 Å². The van der Waals surface area contributed by atoms with Gasteiger partial charge in [0, 0.05) is 29.7 Å². The van der Waals surface area contributed by atoms with E-state index >= 15 is 0 Å². The second-order valence-corrected chi connectivity index (χ2v) is 9.23. The number of aromatic nitrogens is 6. The van der Waals surface area contributed by atoms with Crippen molar-refractivity contribution in [1.29, 1.82) is 0 Å². The zero-order valence-corrected chi connectivity index (χ0v) is 19.3. The fraction of sp³-hybridized carbons (Fsp3) is 0. The van der Waals surface area contributed by atoms with Gasteiger partial charge in [-0.2, -0.15) is 0 Å². The molecule has 0 saturated carbocycles. The molecule has 0 saturated heterocycles. The van der Waals surface area contributed by atoms with Gasteiger partial charge in [0.05, 0.1) is 32.6 Å². The quantitative estimate of drug-likeness (QED) is 0.291. The molecule has 35 heavy (non-hydrogen) atoms. The molecule has 0 spiro atoms. The van der Waals surface area contributed by atoms with Gasteiger partial charge >= 0.3 is 0 Å². The van der Waals surface area contributed by atoms with Crippen molar-refractivity contribution >= 4 is 33.4 Å². The largest absolute Gasteiger partial charge is 0.338 e. The zero-order valence-electron chi connectivity index (χ0n) is 18.4. The summed E-state index contributed by atoms with van der Waals surface area (Å²) in [6.45, 7) is 0. The number of benzene rings is 2. The Morgan fingerprint density at radius 2 is 1.29 bits per heavy atom. The molecule has 0 aliphatic rings. The number of aromatic amines is 2. The first-order valence-corrected chi connectivity index (χ1v) is 12.1. The van der Waals surface area contributed by atoms with Crippen LogP contribution in [0.25, 0.3) is 66.5 Å². The Hall–Kier alpha value is -4.62. The van der Waals surface area contributed by atoms with Gasteiger partial charge in [0.2, 0.25) is 0 Å². The summed E-state index contributed by atoms with van der Waals surface area (Å²) < 4.78 is 0. The topological polar surface area (TPSA) is 83.1 Å². The van der Waals surface area contributed by atoms with Crippen LogP contribution < -0.4 is 0 Å². The molecule has 7 rings (SSSR count). The summed E-state index contributed by atoms with van der Waals surface area (Å²) in [5.74, 6) is 1.65. The van der Waals surface area contributed by atoms with Gasteiger partial charge in [0.1, 0.15) is 11.6 Å². The third-order valence-electron chi connectivity index (χ3n) is 6.06. The summed E-state index contributed by atoms with van der Waals surface area (Å²) in [6.07, 6.45) is 5.42. The molecule has 0 aliphatic heterocycles. The Kier molecular flexibility index (Phi) is 4.53. The Labute approximate surface area is 204 Å². The van der Waals surface area contributed by atoms with E-state index in [1.54, 1.807) is 23.7 Å². The van der Waals surface area contributed by atoms with Crippen LogP contribution in [0.4, 0.5) is 0 Å². The van der Waals surface area contributed by atoms with Gasteiger partial charge in [0.15, 0.2) is 0 Å². The van der Waals surface area contributed by atoms with Crippen LogP contribution >= 0.6 is 11.3 Å². The Bertz CT molecular complexity index is 1780. The lowest BCUT2D eigenvalue weighted by molar-refractivity contribution is 1.28. The molecule has 5 heterocycles. The first-order valence-electron chi connectivity index (χ1n) is 11.2. The molecular weight excluding hydrogens is 452 g/mol. The van der Waals surface area contributed by atoms with E-state index in [0.717, 1.165) is 66.5 Å². The van der Waals surface area contributed by atoms with Crippen molar-refractivity contribution < 1.29 is 0 Å². The normalized spacial score (nSPS) is 11.4. The highest BCUT2D eigenvalue weighted by molar-refractivity contribution is 7.13. The molecule has 0 fully saturated rings. The van der Waals surface area contributed by atoms with Crippen molar-refractivity contribution in [3.05, 3.63) is 96.8 Å². The number of nitrogens with zero attached hydrogens (tertiary/aromatic N) is 4. The van der Waals surface area contributed by atoms with Crippen molar-refractivity contribution in [3.63, 3.8) is 0 Å². The van der Waals surface area contributed by atoms with Gasteiger partial charge in [-0.05, 0) is 71.1 Å². The summed E-state index contributed by atoms with van der Waals surface area (Å²) in [4.78, 5) is 26.3. The van der Waals surface area contributed by atoms with Crippen molar-refractivity contribution in [2.75, 3.05) is 0 Å². The lowest BCUT2D eigenvalue weighted by atomic mass is 10.0. The maximum atomic E-state index is 4.78. The molecule has 7 aromatic rings. The van der Waals surface area contributed by atoms with E-state index in [0.29, 0.717) is 0 Å². The van der Waals surface area contributed by atoms with Crippen molar-refractivity contribution in [2.24, 2.45) is 0 Å². The fourth-order valence-electron chi connectivity index (χ4n) is 4.27. The van der Waals surface area contributed by atoms with Gasteiger partial charge in [-0.1, -0.05) is 18.2 Å². The highest BCUT2D eigenvalue weighted by Gasteiger charge is 2.10. The summed E-state index contributed by atoms with van der Waals surface area (Å²) in [5.41, 5.74) is 9.02. The van der Waals surface area contributed by atoms with Crippen LogP contribution in [0.15, 0.2) is 96.8 Å². The molecule has 166 valence electrons. The van der Waals surface area contributed by atoms with Gasteiger partial charge < -0.3 is 9.97 Å². The standard InChI is InChI=1S/C28H18N6S/c1-2-26(35-13-1)23-8-5-20(16-30-23)28-32-22-7-4-19(15-25(22)34-28)18-3-6-21-24(14-18)33-27(31-21)17-9-11-29-12-10-17/h1-16H,(H,31,33)(H,32,34). The summed E-state index contributed by atoms with van der Waals surface area (Å²) >= 11 is 1.69. The predicted octanol–water partition coefficient (Wildman–Crippen LogP) is 6.96. The average molecular weight is 471 g/mol. The number of pyridine rings is 2. The molecule has 7 heteroatoms. The zero-order chi connectivity index (χ0) is 23.2. The third kappa shape index (κ3) is 3.59. The Morgan fingerprint density at radius 1 is 0.629 bits per heavy atom. The fourth-order valence-corrected chi connectivity index (χ4v) is 4.97. The maximum Gasteiger partial charge on any atom is 0.140 e. The Morgan fingerprint density at radius 3 is 1.89 bits per heavy atom. The van der Waals surface area contributed by atoms with Gasteiger partial charge in [-0.3, -0.25) is 9.97 Å². The highest BCUT2D eigenvalue weighted by Crippen LogP contribution is 2.30. The van der Waals surface area contributed by atoms with Crippen LogP contribution in [0.2, 0.25) is 0 Å². The lowest BCUT2D eigenvalue weighted by Crippen LogP contribution is -1.84. The molecule has 0 amide bonds. The first-order chi connectivity index (χ1) is 17.3. The molecule has 0 radical (unpaired) electrons. The minimum Gasteiger partial charge on any atom is -0.338 e. The minimum absolute atomic E-state index is 0.813. The number of hydrogen-bond acceptors (Lipinski definition) is 5. The molecule has 0 bridgehead atoms. The van der Waals surface area contributed by atoms with E-state index in [1.165, 1.54) is 0 Å². The van der Waals surface area contributed by atoms with E-state index in [4.69, 9.17) is 9.97 Å². The number of thiophene rings is 1. The SMILES string of the molecule is c1csc(-c2ccc(-c3nc4ccc(-c5ccc6nc(-c7ccncc7)[nH]c6c5)cc4[nH]3)cn2)c1. The molecule has 0 aliphatic carbocycles. The van der Waals surface area contributed by atoms with Gasteiger partial charge in [-0.25, -0.2) is 9.97 Å². The number of rotatable bonds is 4. The summed E-state index contributed by atoms with van der Waals surface area (Å²) in [5, 5.41) is 2.06. The number of H-pyrrole nitrogens is 2. The number of fused-ring (bicyclic) bond motifs is 2. The number of nitrogens with one attached hydrogen (secondary N) is 2. The van der Waals surface area contributed by atoms with E-state index in [1.807, 2.05) is 30.5 Å². The molecule has 0 unspecified atom stereocenters. The van der Waals surface area contributed by atoms with Crippen molar-refractivity contribution in [3.8, 4) is 44.5 Å². The summed E-state index contributed by atoms with van der Waals surface area (Å²) in [6, 6.07) is 24.7. The maximum absolute atomic E-state index is 4.78. The summed E-state index contributed by atoms with van der Waals surface area (Å²) in [7, 11) is 0. The Balaban J connectivity index is 1.22. The molecular formula is C28H18N6S. The third-order valence-corrected chi connectivity index (χ3v) is 6.95. The van der Waals surface area contributed by atoms with Crippen LogP contribution in [0.1, 0.15) is 0 Å². The van der Waals surface area contributed by atoms with E-state index in [2.05, 4.69) is 73.8 Å². The van der Waals surface area contributed by atoms with E-state index < -0.39 is 0 Å². The van der Waals surface area contributed by atoms with Crippen LogP contribution in [0.3, 0.4) is 0 Å². The smallest absolute Gasteiger partial charge is 0.140 e. The average Bonchev–Trinajstić information content (AvgIpc) is 3.68. The van der Waals surface area contributed by atoms with Crippen LogP contribution in [0.5, 0.6) is 0 Å². The molecule has 5 aromatic heterocycles. The van der Waals surface area contributed by atoms with E-state index in [-0.39, 0.29) is 0 Å².